The molecule has 2 aliphatic rings. The Bertz CT molecular complexity index is 434. The molecule has 0 radical (unpaired) electrons. The second kappa shape index (κ2) is 6.03. The number of hydrogen-bond donors (Lipinski definition) is 0. The van der Waals surface area contributed by atoms with Gasteiger partial charge in [0.1, 0.15) is 11.4 Å². The molecule has 21 heavy (non-hydrogen) atoms. The van der Waals surface area contributed by atoms with E-state index < -0.39 is 5.60 Å². The summed E-state index contributed by atoms with van der Waals surface area (Å²) in [6, 6.07) is 0. The Morgan fingerprint density at radius 2 is 1.86 bits per heavy atom. The number of nitrogens with zero attached hydrogens (tertiary/aromatic N) is 3. The molecule has 1 saturated heterocycles. The molecule has 6 nitrogen and oxygen atoms in total. The number of rotatable bonds is 2. The number of Topliss-reactive ketones (excluding diaryl/α,β-unsaturated/α-hetero) is 1. The summed E-state index contributed by atoms with van der Waals surface area (Å²) in [5, 5.41) is 5.91. The molecule has 1 unspecified atom stereocenters. The normalized spacial score (nSPS) is 23.5. The Labute approximate surface area is 126 Å². The number of ether oxygens (including phenoxy) is 1. The van der Waals surface area contributed by atoms with Crippen molar-refractivity contribution >= 4 is 18.1 Å². The molecular formula is C15H25N3O3. The van der Waals surface area contributed by atoms with Gasteiger partial charge in [0.15, 0.2) is 0 Å². The Morgan fingerprint density at radius 3 is 2.33 bits per heavy atom. The predicted octanol–water partition coefficient (Wildman–Crippen LogP) is 1.75. The second-order valence-corrected chi connectivity index (χ2v) is 6.86. The van der Waals surface area contributed by atoms with Crippen molar-refractivity contribution in [3.05, 3.63) is 0 Å². The average molecular weight is 295 g/mol. The molecular weight excluding hydrogens is 270 g/mol. The van der Waals surface area contributed by atoms with E-state index in [0.29, 0.717) is 32.5 Å². The number of carbonyl (C=O) groups is 2. The number of likely N-dealkylation sites (tertiary alicyclic amines) is 1. The standard InChI is InChI=1S/C15H25N3O3/c1-15(2,3)21-14(20)18-7-5-11(6-8-18)13(19)12-9-16-17(4)10-12/h9,11-12H,5-8,10H2,1-4H3. The largest absolute Gasteiger partial charge is 0.444 e. The van der Waals surface area contributed by atoms with Crippen molar-refractivity contribution in [3.63, 3.8) is 0 Å². The Kier molecular flexibility index (Phi) is 4.54. The van der Waals surface area contributed by atoms with Gasteiger partial charge in [-0.25, -0.2) is 4.79 Å². The monoisotopic (exact) mass is 295 g/mol. The molecule has 0 bridgehead atoms. The van der Waals surface area contributed by atoms with Crippen LogP contribution in [0.2, 0.25) is 0 Å². The van der Waals surface area contributed by atoms with Gasteiger partial charge in [-0.1, -0.05) is 0 Å². The highest BCUT2D eigenvalue weighted by Gasteiger charge is 2.34. The van der Waals surface area contributed by atoms with E-state index in [1.54, 1.807) is 16.1 Å². The molecule has 0 saturated carbocycles. The highest BCUT2D eigenvalue weighted by Crippen LogP contribution is 2.24. The van der Waals surface area contributed by atoms with Crippen LogP contribution in [0.4, 0.5) is 4.79 Å². The summed E-state index contributed by atoms with van der Waals surface area (Å²) in [6.07, 6.45) is 2.89. The first kappa shape index (κ1) is 15.8. The molecule has 1 atom stereocenters. The van der Waals surface area contributed by atoms with Crippen LogP contribution in [0.1, 0.15) is 33.6 Å². The molecule has 6 heteroatoms. The predicted molar refractivity (Wildman–Crippen MR) is 80.2 cm³/mol. The van der Waals surface area contributed by atoms with Gasteiger partial charge in [-0.15, -0.1) is 0 Å². The topological polar surface area (TPSA) is 62.2 Å². The van der Waals surface area contributed by atoms with Gasteiger partial charge in [-0.3, -0.25) is 9.80 Å². The second-order valence-electron chi connectivity index (χ2n) is 6.86. The molecule has 2 heterocycles. The minimum atomic E-state index is -0.478. The van der Waals surface area contributed by atoms with Crippen molar-refractivity contribution in [2.75, 3.05) is 26.7 Å². The van der Waals surface area contributed by atoms with Crippen molar-refractivity contribution < 1.29 is 14.3 Å². The summed E-state index contributed by atoms with van der Waals surface area (Å²) in [6.45, 7) is 7.42. The fraction of sp³-hybridized carbons (Fsp3) is 0.800. The first-order chi connectivity index (χ1) is 9.76. The molecule has 0 aromatic carbocycles. The third kappa shape index (κ3) is 4.19. The van der Waals surface area contributed by atoms with Gasteiger partial charge >= 0.3 is 6.09 Å². The van der Waals surface area contributed by atoms with Gasteiger partial charge in [0.05, 0.1) is 12.5 Å². The van der Waals surface area contributed by atoms with E-state index in [1.807, 2.05) is 27.8 Å². The van der Waals surface area contributed by atoms with Crippen LogP contribution in [0.15, 0.2) is 5.10 Å². The summed E-state index contributed by atoms with van der Waals surface area (Å²) in [5.41, 5.74) is -0.478. The molecule has 0 aromatic rings. The van der Waals surface area contributed by atoms with Gasteiger partial charge in [0.2, 0.25) is 0 Å². The number of ketones is 1. The molecule has 2 rings (SSSR count). The van der Waals surface area contributed by atoms with E-state index in [2.05, 4.69) is 5.10 Å². The van der Waals surface area contributed by atoms with Crippen LogP contribution in [0.5, 0.6) is 0 Å². The first-order valence-electron chi connectivity index (χ1n) is 7.53. The van der Waals surface area contributed by atoms with E-state index in [-0.39, 0.29) is 23.7 Å². The number of hydrogen-bond acceptors (Lipinski definition) is 5. The maximum atomic E-state index is 12.4. The van der Waals surface area contributed by atoms with Crippen molar-refractivity contribution in [2.24, 2.45) is 16.9 Å². The Hall–Kier alpha value is -1.59. The quantitative estimate of drug-likeness (QED) is 0.778. The number of hydrazone groups is 1. The van der Waals surface area contributed by atoms with E-state index >= 15 is 0 Å². The highest BCUT2D eigenvalue weighted by atomic mass is 16.6. The molecule has 118 valence electrons. The zero-order chi connectivity index (χ0) is 15.6. The fourth-order valence-corrected chi connectivity index (χ4v) is 2.71. The van der Waals surface area contributed by atoms with Crippen LogP contribution in [-0.2, 0) is 9.53 Å². The lowest BCUT2D eigenvalue weighted by atomic mass is 9.86. The van der Waals surface area contributed by atoms with Gasteiger partial charge < -0.3 is 9.64 Å². The number of amides is 1. The smallest absolute Gasteiger partial charge is 0.410 e. The molecule has 1 amide bonds. The summed E-state index contributed by atoms with van der Waals surface area (Å²) >= 11 is 0. The SMILES string of the molecule is CN1CC(C(=O)C2CCN(C(=O)OC(C)(C)C)CC2)C=N1. The van der Waals surface area contributed by atoms with Crippen molar-refractivity contribution in [3.8, 4) is 0 Å². The Morgan fingerprint density at radius 1 is 1.24 bits per heavy atom. The average Bonchev–Trinajstić information content (AvgIpc) is 2.83. The minimum Gasteiger partial charge on any atom is -0.444 e. The molecule has 0 spiro atoms. The van der Waals surface area contributed by atoms with Crippen LogP contribution in [0.3, 0.4) is 0 Å². The maximum absolute atomic E-state index is 12.4. The summed E-state index contributed by atoms with van der Waals surface area (Å²) in [5.74, 6) is 0.201. The van der Waals surface area contributed by atoms with Gasteiger partial charge in [-0.05, 0) is 33.6 Å². The van der Waals surface area contributed by atoms with Gasteiger partial charge in [0.25, 0.3) is 0 Å². The van der Waals surface area contributed by atoms with Crippen LogP contribution in [-0.4, -0.2) is 60.3 Å². The molecule has 1 fully saturated rings. The van der Waals surface area contributed by atoms with E-state index in [9.17, 15) is 9.59 Å². The lowest BCUT2D eigenvalue weighted by Crippen LogP contribution is -2.44. The molecule has 0 N–H and O–H groups in total. The number of piperidine rings is 1. The van der Waals surface area contributed by atoms with E-state index in [0.717, 1.165) is 0 Å². The van der Waals surface area contributed by atoms with E-state index in [1.165, 1.54) is 0 Å². The van der Waals surface area contributed by atoms with Crippen molar-refractivity contribution in [1.82, 2.24) is 9.91 Å². The lowest BCUT2D eigenvalue weighted by Gasteiger charge is -2.33. The van der Waals surface area contributed by atoms with Gasteiger partial charge in [-0.2, -0.15) is 5.10 Å². The van der Waals surface area contributed by atoms with E-state index in [4.69, 9.17) is 4.74 Å². The first-order valence-corrected chi connectivity index (χ1v) is 7.53. The van der Waals surface area contributed by atoms with Crippen molar-refractivity contribution in [2.45, 2.75) is 39.2 Å². The third-order valence-corrected chi connectivity index (χ3v) is 3.82. The number of carbonyl (C=O) groups excluding carboxylic acids is 2. The fourth-order valence-electron chi connectivity index (χ4n) is 2.71. The highest BCUT2D eigenvalue weighted by molar-refractivity contribution is 5.97. The molecule has 0 aliphatic carbocycles. The van der Waals surface area contributed by atoms with Crippen molar-refractivity contribution in [1.29, 1.82) is 0 Å². The zero-order valence-electron chi connectivity index (χ0n) is 13.3. The maximum Gasteiger partial charge on any atom is 0.410 e. The summed E-state index contributed by atoms with van der Waals surface area (Å²) < 4.78 is 5.36. The Balaban J connectivity index is 1.82. The summed E-state index contributed by atoms with van der Waals surface area (Å²) in [7, 11) is 1.87. The third-order valence-electron chi connectivity index (χ3n) is 3.82. The van der Waals surface area contributed by atoms with Gasteiger partial charge in [0, 0.05) is 32.3 Å². The van der Waals surface area contributed by atoms with Crippen LogP contribution >= 0.6 is 0 Å². The lowest BCUT2D eigenvalue weighted by molar-refractivity contribution is -0.126. The van der Waals surface area contributed by atoms with Crippen LogP contribution < -0.4 is 0 Å². The minimum absolute atomic E-state index is 0.0339. The summed E-state index contributed by atoms with van der Waals surface area (Å²) in [4.78, 5) is 26.1. The molecule has 0 aromatic heterocycles. The van der Waals surface area contributed by atoms with Crippen LogP contribution in [0.25, 0.3) is 0 Å². The van der Waals surface area contributed by atoms with Crippen LogP contribution in [0, 0.1) is 11.8 Å². The zero-order valence-corrected chi connectivity index (χ0v) is 13.3. The molecule has 2 aliphatic heterocycles.